The summed E-state index contributed by atoms with van der Waals surface area (Å²) >= 11 is 0. The van der Waals surface area contributed by atoms with Gasteiger partial charge in [-0.25, -0.2) is 0 Å². The van der Waals surface area contributed by atoms with Crippen molar-refractivity contribution in [1.82, 2.24) is 4.57 Å². The lowest BCUT2D eigenvalue weighted by molar-refractivity contribution is 0.468. The fourth-order valence-corrected chi connectivity index (χ4v) is 20.9. The lowest BCUT2D eigenvalue weighted by Gasteiger charge is -2.48. The maximum absolute atomic E-state index is 8.39. The molecule has 4 aliphatic rings. The molecule has 0 fully saturated rings. The zero-order valence-corrected chi connectivity index (χ0v) is 73.2. The van der Waals surface area contributed by atoms with E-state index in [9.17, 15) is 0 Å². The lowest BCUT2D eigenvalue weighted by atomic mass is 9.30. The SMILES string of the molecule is CC(C)(C)c1cc(-c2ccccc2)c(N2c3cc(-c4ccc(-n5c6ccccc6c6ccccc65)cc4)ccc3B3c4c2cc(C(C)(C)C)cc4N(c2c(-c4ccccc4)cc(C(C)(C)C)cc2-c2ccccc2)c2cc4c5c(c23)Oc2ccc(-c3ccccc3)cc2B5c2cc(-c3ccccc3)cc(-c3cccc5c3oc3ccccc35)c2O4)c(-c2ccccc2)c1. The summed E-state index contributed by atoms with van der Waals surface area (Å²) in [6.45, 7) is 20.3. The Hall–Kier alpha value is -15.1. The zero-order chi connectivity index (χ0) is 86.2. The second-order valence-corrected chi connectivity index (χ2v) is 38.2. The van der Waals surface area contributed by atoms with Gasteiger partial charge in [0.1, 0.15) is 34.2 Å². The van der Waals surface area contributed by atoms with Gasteiger partial charge in [-0.2, -0.15) is 0 Å². The molecule has 610 valence electrons. The van der Waals surface area contributed by atoms with Gasteiger partial charge in [0.15, 0.2) is 0 Å². The Kier molecular flexibility index (Phi) is 17.5. The number of anilines is 6. The highest BCUT2D eigenvalue weighted by molar-refractivity contribution is 7.03. The molecule has 0 unspecified atom stereocenters. The molecule has 6 nitrogen and oxygen atoms in total. The van der Waals surface area contributed by atoms with E-state index in [1.165, 1.54) is 38.5 Å². The molecule has 0 bridgehead atoms. The van der Waals surface area contributed by atoms with E-state index < -0.39 is 18.8 Å². The number of furan rings is 1. The van der Waals surface area contributed by atoms with E-state index in [0.29, 0.717) is 5.75 Å². The van der Waals surface area contributed by atoms with Gasteiger partial charge < -0.3 is 28.3 Å². The molecular formula is C120H91B2N3O3. The molecule has 4 aliphatic heterocycles. The predicted molar refractivity (Wildman–Crippen MR) is 539 cm³/mol. The molecule has 18 aromatic carbocycles. The van der Waals surface area contributed by atoms with Crippen LogP contribution in [0.4, 0.5) is 34.1 Å². The maximum Gasteiger partial charge on any atom is 0.260 e. The number of benzene rings is 18. The van der Waals surface area contributed by atoms with Gasteiger partial charge in [0.2, 0.25) is 0 Å². The Balaban J connectivity index is 0.863. The molecule has 2 aromatic heterocycles. The molecule has 0 N–H and O–H groups in total. The van der Waals surface area contributed by atoms with Crippen LogP contribution < -0.4 is 52.1 Å². The quantitative estimate of drug-likeness (QED) is 0.121. The Morgan fingerprint density at radius 1 is 0.242 bits per heavy atom. The number of rotatable bonds is 11. The van der Waals surface area contributed by atoms with E-state index in [4.69, 9.17) is 13.9 Å². The lowest BCUT2D eigenvalue weighted by Crippen LogP contribution is -2.65. The van der Waals surface area contributed by atoms with Crippen LogP contribution in [0.2, 0.25) is 0 Å². The normalized spacial score (nSPS) is 13.1. The molecule has 0 radical (unpaired) electrons. The molecule has 20 aromatic rings. The minimum absolute atomic E-state index is 0.252. The van der Waals surface area contributed by atoms with Crippen molar-refractivity contribution in [1.29, 1.82) is 0 Å². The number of ether oxygens (including phenoxy) is 2. The van der Waals surface area contributed by atoms with Crippen molar-refractivity contribution in [2.45, 2.75) is 78.6 Å². The number of para-hydroxylation sites is 4. The first kappa shape index (κ1) is 76.5. The molecular weight excluding hydrogens is 1550 g/mol. The topological polar surface area (TPSA) is 43.0 Å². The van der Waals surface area contributed by atoms with E-state index in [-0.39, 0.29) is 10.8 Å². The second-order valence-electron chi connectivity index (χ2n) is 38.2. The largest absolute Gasteiger partial charge is 0.459 e. The van der Waals surface area contributed by atoms with E-state index >= 15 is 0 Å². The van der Waals surface area contributed by atoms with Crippen LogP contribution in [0.3, 0.4) is 0 Å². The monoisotopic (exact) mass is 1640 g/mol. The van der Waals surface area contributed by atoms with Crippen molar-refractivity contribution in [3.63, 3.8) is 0 Å². The van der Waals surface area contributed by atoms with E-state index in [1.807, 2.05) is 0 Å². The highest BCUT2D eigenvalue weighted by Crippen LogP contribution is 2.58. The van der Waals surface area contributed by atoms with Gasteiger partial charge in [0.25, 0.3) is 13.4 Å². The number of nitrogens with zero attached hydrogens (tertiary/aromatic N) is 3. The van der Waals surface area contributed by atoms with Gasteiger partial charge in [-0.3, -0.25) is 0 Å². The molecule has 24 rings (SSSR count). The Morgan fingerprint density at radius 3 is 1.19 bits per heavy atom. The first-order valence-electron chi connectivity index (χ1n) is 44.9. The molecule has 6 heterocycles. The summed E-state index contributed by atoms with van der Waals surface area (Å²) in [5.41, 5.74) is 37.7. The molecule has 0 amide bonds. The van der Waals surface area contributed by atoms with Gasteiger partial charge in [0, 0.05) is 94.9 Å². The highest BCUT2D eigenvalue weighted by Gasteiger charge is 2.52. The van der Waals surface area contributed by atoms with Crippen LogP contribution >= 0.6 is 0 Å². The van der Waals surface area contributed by atoms with Crippen molar-refractivity contribution in [2.75, 3.05) is 9.80 Å². The maximum atomic E-state index is 8.39. The van der Waals surface area contributed by atoms with Crippen LogP contribution in [-0.4, -0.2) is 18.0 Å². The van der Waals surface area contributed by atoms with Gasteiger partial charge in [-0.15, -0.1) is 0 Å². The number of hydrogen-bond donors (Lipinski definition) is 0. The van der Waals surface area contributed by atoms with Crippen molar-refractivity contribution < 1.29 is 13.9 Å². The fourth-order valence-electron chi connectivity index (χ4n) is 20.9. The summed E-state index contributed by atoms with van der Waals surface area (Å²) in [4.78, 5) is 5.40. The Labute approximate surface area is 748 Å². The highest BCUT2D eigenvalue weighted by atomic mass is 16.5. The second kappa shape index (κ2) is 29.2. The van der Waals surface area contributed by atoms with Gasteiger partial charge >= 0.3 is 0 Å². The first-order chi connectivity index (χ1) is 62.4. The zero-order valence-electron chi connectivity index (χ0n) is 73.2. The van der Waals surface area contributed by atoms with Crippen molar-refractivity contribution >= 4 is 124 Å². The summed E-state index contributed by atoms with van der Waals surface area (Å²) in [5, 5.41) is 4.56. The average Bonchev–Trinajstić information content (AvgIpc) is 0.811. The van der Waals surface area contributed by atoms with E-state index in [2.05, 4.69) is 465 Å². The molecule has 8 heteroatoms. The number of hydrogen-bond acceptors (Lipinski definition) is 5. The third kappa shape index (κ3) is 12.3. The van der Waals surface area contributed by atoms with Crippen LogP contribution in [0.15, 0.2) is 393 Å². The van der Waals surface area contributed by atoms with Crippen LogP contribution in [0.5, 0.6) is 23.0 Å². The average molecular weight is 1640 g/mol. The minimum Gasteiger partial charge on any atom is -0.459 e. The Morgan fingerprint density at radius 2 is 0.656 bits per heavy atom. The number of fused-ring (bicyclic) bond motifs is 15. The van der Waals surface area contributed by atoms with E-state index in [1.54, 1.807) is 0 Å². The van der Waals surface area contributed by atoms with Crippen LogP contribution in [0, 0.1) is 0 Å². The molecule has 0 saturated heterocycles. The van der Waals surface area contributed by atoms with Gasteiger partial charge in [0.05, 0.1) is 22.4 Å². The molecule has 128 heavy (non-hydrogen) atoms. The van der Waals surface area contributed by atoms with Crippen LogP contribution in [0.25, 0.3) is 138 Å². The summed E-state index contributed by atoms with van der Waals surface area (Å²) in [5.74, 6) is 3.03. The predicted octanol–water partition coefficient (Wildman–Crippen LogP) is 28.7. The van der Waals surface area contributed by atoms with Crippen molar-refractivity contribution in [2.24, 2.45) is 0 Å². The van der Waals surface area contributed by atoms with Crippen molar-refractivity contribution in [3.8, 4) is 118 Å². The Bertz CT molecular complexity index is 7740. The number of aromatic nitrogens is 1. The molecule has 0 aliphatic carbocycles. The third-order valence-electron chi connectivity index (χ3n) is 27.3. The van der Waals surface area contributed by atoms with Gasteiger partial charge in [-0.05, 0) is 201 Å². The molecule has 0 spiro atoms. The molecule has 0 atom stereocenters. The van der Waals surface area contributed by atoms with Gasteiger partial charge in [-0.1, -0.05) is 360 Å². The first-order valence-corrected chi connectivity index (χ1v) is 44.9. The minimum atomic E-state index is -0.494. The van der Waals surface area contributed by atoms with Crippen LogP contribution in [0.1, 0.15) is 79.0 Å². The standard InChI is InChI=1S/C120H91B2N3O3/c1-118(2,3)84-67-93(77-39-20-12-21-40-77)113(94(68-84)78-41-22-13-23-42-78)124-103-66-82(76-55-59-87(60-56-76)123-101-52-31-28-47-88(101)89-48-29-32-53-102(89)123)57-61-98(103)122-110-104(124)71-86(120(7,8)9)72-105(110)125(114-95(79-43-24-14-25-44-79)69-85(119(4,5)6)70-96(114)80-45-26-15-27-46-80)106-73-109-112-117(111(106)122)127-108-62-58-81(74-35-16-10-17-36-74)64-99(108)121(112)100-65-83(75-37-18-11-19-38-75)63-97(116(100)128-109)92-51-34-50-91-90-49-30-33-54-107(90)126-115(91)92/h10-73H,1-9H3. The van der Waals surface area contributed by atoms with E-state index in [0.717, 1.165) is 201 Å². The summed E-state index contributed by atoms with van der Waals surface area (Å²) in [6.07, 6.45) is 0. The fraction of sp³-hybridized carbons (Fsp3) is 0.100. The van der Waals surface area contributed by atoms with Crippen molar-refractivity contribution in [3.05, 3.63) is 405 Å². The third-order valence-corrected chi connectivity index (χ3v) is 27.3. The summed E-state index contributed by atoms with van der Waals surface area (Å²) < 4.78 is 26.3. The summed E-state index contributed by atoms with van der Waals surface area (Å²) in [7, 11) is 0. The molecule has 0 saturated carbocycles. The smallest absolute Gasteiger partial charge is 0.260 e. The summed E-state index contributed by atoms with van der Waals surface area (Å²) in [6, 6.07) is 145. The van der Waals surface area contributed by atoms with Crippen LogP contribution in [-0.2, 0) is 16.2 Å².